The van der Waals surface area contributed by atoms with Crippen molar-refractivity contribution in [2.75, 3.05) is 21.3 Å². The fraction of sp³-hybridized carbons (Fsp3) is 0.720. The SMILES string of the molecule is COC1=C(OC)C(C)C(C/C=C(\C)CC/C=C(\C)CCCC(C)(C)OC)C(O)C1=O. The summed E-state index contributed by atoms with van der Waals surface area (Å²) < 4.78 is 16.0. The Morgan fingerprint density at radius 3 is 2.27 bits per heavy atom. The van der Waals surface area contributed by atoms with Crippen molar-refractivity contribution in [3.8, 4) is 0 Å². The number of allylic oxidation sites excluding steroid dienone is 5. The van der Waals surface area contributed by atoms with Gasteiger partial charge in [0.25, 0.3) is 0 Å². The summed E-state index contributed by atoms with van der Waals surface area (Å²) in [6.07, 6.45) is 9.29. The largest absolute Gasteiger partial charge is 0.497 e. The fourth-order valence-corrected chi connectivity index (χ4v) is 3.92. The van der Waals surface area contributed by atoms with E-state index in [0.29, 0.717) is 12.2 Å². The molecule has 0 aliphatic heterocycles. The molecule has 3 atom stereocenters. The molecule has 5 nitrogen and oxygen atoms in total. The average Bonchev–Trinajstić information content (AvgIpc) is 2.70. The van der Waals surface area contributed by atoms with Gasteiger partial charge in [0, 0.05) is 18.9 Å². The van der Waals surface area contributed by atoms with Gasteiger partial charge in [-0.05, 0) is 66.2 Å². The van der Waals surface area contributed by atoms with Gasteiger partial charge in [-0.2, -0.15) is 0 Å². The third-order valence-electron chi connectivity index (χ3n) is 6.27. The van der Waals surface area contributed by atoms with Crippen molar-refractivity contribution in [2.24, 2.45) is 11.8 Å². The molecule has 3 unspecified atom stereocenters. The minimum Gasteiger partial charge on any atom is -0.497 e. The topological polar surface area (TPSA) is 65.0 Å². The van der Waals surface area contributed by atoms with E-state index in [9.17, 15) is 9.90 Å². The molecule has 0 spiro atoms. The van der Waals surface area contributed by atoms with Crippen LogP contribution in [0.2, 0.25) is 0 Å². The fourth-order valence-electron chi connectivity index (χ4n) is 3.92. The molecule has 172 valence electrons. The number of hydrogen-bond acceptors (Lipinski definition) is 5. The lowest BCUT2D eigenvalue weighted by Gasteiger charge is -2.33. The first-order chi connectivity index (χ1) is 14.1. The molecule has 0 aromatic carbocycles. The first-order valence-corrected chi connectivity index (χ1v) is 11.0. The summed E-state index contributed by atoms with van der Waals surface area (Å²) >= 11 is 0. The molecule has 1 N–H and O–H groups in total. The number of ketones is 1. The highest BCUT2D eigenvalue weighted by atomic mass is 16.5. The lowest BCUT2D eigenvalue weighted by Crippen LogP contribution is -2.41. The molecule has 1 aliphatic carbocycles. The highest BCUT2D eigenvalue weighted by molar-refractivity contribution is 5.98. The van der Waals surface area contributed by atoms with Gasteiger partial charge in [0.15, 0.2) is 0 Å². The second-order valence-electron chi connectivity index (χ2n) is 9.06. The summed E-state index contributed by atoms with van der Waals surface area (Å²) in [5, 5.41) is 10.5. The zero-order valence-electron chi connectivity index (χ0n) is 20.2. The number of carbonyl (C=O) groups is 1. The van der Waals surface area contributed by atoms with Crippen LogP contribution < -0.4 is 0 Å². The van der Waals surface area contributed by atoms with Crippen LogP contribution >= 0.6 is 0 Å². The molecule has 5 heteroatoms. The van der Waals surface area contributed by atoms with Crippen molar-refractivity contribution in [1.29, 1.82) is 0 Å². The number of Topliss-reactive ketones (excluding diaryl/α,β-unsaturated/α-hetero) is 1. The molecule has 0 saturated heterocycles. The number of aliphatic hydroxyl groups is 1. The van der Waals surface area contributed by atoms with Crippen LogP contribution in [-0.2, 0) is 19.0 Å². The monoisotopic (exact) mass is 422 g/mol. The number of rotatable bonds is 12. The first kappa shape index (κ1) is 26.4. The van der Waals surface area contributed by atoms with E-state index in [1.54, 1.807) is 14.2 Å². The predicted octanol–water partition coefficient (Wildman–Crippen LogP) is 5.34. The van der Waals surface area contributed by atoms with Gasteiger partial charge in [0.1, 0.15) is 11.9 Å². The molecule has 0 aromatic rings. The highest BCUT2D eigenvalue weighted by Gasteiger charge is 2.42. The molecule has 0 saturated carbocycles. The van der Waals surface area contributed by atoms with Gasteiger partial charge in [-0.25, -0.2) is 0 Å². The Kier molecular flexibility index (Phi) is 10.9. The maximum Gasteiger partial charge on any atom is 0.229 e. The molecule has 30 heavy (non-hydrogen) atoms. The number of ether oxygens (including phenoxy) is 3. The van der Waals surface area contributed by atoms with Gasteiger partial charge < -0.3 is 19.3 Å². The Morgan fingerprint density at radius 2 is 1.70 bits per heavy atom. The van der Waals surface area contributed by atoms with E-state index in [2.05, 4.69) is 39.8 Å². The molecule has 0 aromatic heterocycles. The van der Waals surface area contributed by atoms with Gasteiger partial charge in [-0.15, -0.1) is 0 Å². The quantitative estimate of drug-likeness (QED) is 0.430. The second-order valence-corrected chi connectivity index (χ2v) is 9.06. The standard InChI is InChI=1S/C25H42O5/c1-17(13-10-16-25(4,5)30-8)11-9-12-18(2)14-15-20-19(3)23(28-6)24(29-7)22(27)21(20)26/h11,14,19-21,26H,9-10,12-13,15-16H2,1-8H3/b17-11+,18-14+. The molecule has 0 amide bonds. The van der Waals surface area contributed by atoms with E-state index in [0.717, 1.165) is 32.1 Å². The predicted molar refractivity (Wildman–Crippen MR) is 121 cm³/mol. The van der Waals surface area contributed by atoms with E-state index >= 15 is 0 Å². The highest BCUT2D eigenvalue weighted by Crippen LogP contribution is 2.36. The van der Waals surface area contributed by atoms with Crippen LogP contribution in [-0.4, -0.2) is 43.9 Å². The number of aliphatic hydroxyl groups excluding tert-OH is 1. The van der Waals surface area contributed by atoms with Gasteiger partial charge in [-0.3, -0.25) is 4.79 Å². The third-order valence-corrected chi connectivity index (χ3v) is 6.27. The van der Waals surface area contributed by atoms with E-state index in [1.807, 2.05) is 6.92 Å². The number of methoxy groups -OCH3 is 3. The van der Waals surface area contributed by atoms with E-state index in [-0.39, 0.29) is 23.2 Å². The summed E-state index contributed by atoms with van der Waals surface area (Å²) in [5.41, 5.74) is 2.63. The summed E-state index contributed by atoms with van der Waals surface area (Å²) in [6, 6.07) is 0. The number of hydrogen-bond donors (Lipinski definition) is 1. The minimum atomic E-state index is -1.06. The average molecular weight is 423 g/mol. The van der Waals surface area contributed by atoms with Crippen molar-refractivity contribution in [3.63, 3.8) is 0 Å². The summed E-state index contributed by atoms with van der Waals surface area (Å²) in [7, 11) is 4.74. The van der Waals surface area contributed by atoms with E-state index in [1.165, 1.54) is 18.3 Å². The Hall–Kier alpha value is -1.59. The first-order valence-electron chi connectivity index (χ1n) is 11.0. The summed E-state index contributed by atoms with van der Waals surface area (Å²) in [5.74, 6) is -0.00960. The van der Waals surface area contributed by atoms with Crippen LogP contribution in [0.4, 0.5) is 0 Å². The molecule has 0 bridgehead atoms. The van der Waals surface area contributed by atoms with Crippen LogP contribution in [0.15, 0.2) is 34.8 Å². The summed E-state index contributed by atoms with van der Waals surface area (Å²) in [4.78, 5) is 12.4. The summed E-state index contributed by atoms with van der Waals surface area (Å²) in [6.45, 7) is 10.5. The van der Waals surface area contributed by atoms with E-state index < -0.39 is 11.9 Å². The Bertz CT molecular complexity index is 656. The van der Waals surface area contributed by atoms with E-state index in [4.69, 9.17) is 14.2 Å². The van der Waals surface area contributed by atoms with Gasteiger partial charge in [0.05, 0.1) is 19.8 Å². The molecule has 0 fully saturated rings. The Labute approximate surface area is 183 Å². The van der Waals surface area contributed by atoms with Crippen LogP contribution in [0.3, 0.4) is 0 Å². The molecular weight excluding hydrogens is 380 g/mol. The van der Waals surface area contributed by atoms with Crippen LogP contribution in [0.5, 0.6) is 0 Å². The van der Waals surface area contributed by atoms with Crippen LogP contribution in [0, 0.1) is 11.8 Å². The minimum absolute atomic E-state index is 0.0519. The van der Waals surface area contributed by atoms with Crippen molar-refractivity contribution in [1.82, 2.24) is 0 Å². The van der Waals surface area contributed by atoms with Crippen molar-refractivity contribution in [2.45, 2.75) is 84.8 Å². The van der Waals surface area contributed by atoms with Gasteiger partial charge >= 0.3 is 0 Å². The maximum absolute atomic E-state index is 12.4. The van der Waals surface area contributed by atoms with Crippen molar-refractivity contribution in [3.05, 3.63) is 34.8 Å². The molecule has 0 heterocycles. The normalized spacial score (nSPS) is 23.8. The molecule has 1 aliphatic rings. The molecular formula is C25H42O5. The van der Waals surface area contributed by atoms with Crippen molar-refractivity contribution >= 4 is 5.78 Å². The molecule has 1 rings (SSSR count). The zero-order valence-corrected chi connectivity index (χ0v) is 20.2. The van der Waals surface area contributed by atoms with Crippen LogP contribution in [0.1, 0.15) is 73.1 Å². The second kappa shape index (κ2) is 12.3. The Morgan fingerprint density at radius 1 is 1.07 bits per heavy atom. The maximum atomic E-state index is 12.4. The third kappa shape index (κ3) is 7.59. The van der Waals surface area contributed by atoms with Crippen molar-refractivity contribution < 1.29 is 24.1 Å². The number of carbonyl (C=O) groups excluding carboxylic acids is 1. The molecule has 0 radical (unpaired) electrons. The smallest absolute Gasteiger partial charge is 0.229 e. The zero-order chi connectivity index (χ0) is 22.9. The van der Waals surface area contributed by atoms with Gasteiger partial charge in [-0.1, -0.05) is 30.2 Å². The Balaban J connectivity index is 2.57. The van der Waals surface area contributed by atoms with Crippen LogP contribution in [0.25, 0.3) is 0 Å². The van der Waals surface area contributed by atoms with Gasteiger partial charge in [0.2, 0.25) is 11.5 Å². The lowest BCUT2D eigenvalue weighted by atomic mass is 9.77. The lowest BCUT2D eigenvalue weighted by molar-refractivity contribution is -0.133.